The minimum atomic E-state index is -0.795. The highest BCUT2D eigenvalue weighted by Crippen LogP contribution is 2.20. The van der Waals surface area contributed by atoms with E-state index in [2.05, 4.69) is 20.0 Å². The Morgan fingerprint density at radius 2 is 2.31 bits per heavy atom. The van der Waals surface area contributed by atoms with E-state index in [0.717, 1.165) is 0 Å². The molecule has 16 heavy (non-hydrogen) atoms. The highest BCUT2D eigenvalue weighted by Gasteiger charge is 2.31. The minimum Gasteiger partial charge on any atom is -0.438 e. The van der Waals surface area contributed by atoms with E-state index >= 15 is 0 Å². The third-order valence-corrected chi connectivity index (χ3v) is 2.45. The van der Waals surface area contributed by atoms with Gasteiger partial charge in [-0.2, -0.15) is 0 Å². The molecule has 1 fully saturated rings. The largest absolute Gasteiger partial charge is 0.438 e. The number of hydrogen-bond acceptors (Lipinski definition) is 5. The summed E-state index contributed by atoms with van der Waals surface area (Å²) in [4.78, 5) is 23.2. The number of ether oxygens (including phenoxy) is 1. The van der Waals surface area contributed by atoms with Crippen molar-refractivity contribution in [2.45, 2.75) is 6.23 Å². The van der Waals surface area contributed by atoms with E-state index in [4.69, 9.17) is 10.3 Å². The molecule has 0 spiro atoms. The summed E-state index contributed by atoms with van der Waals surface area (Å²) in [5.41, 5.74) is 8.74. The van der Waals surface area contributed by atoms with E-state index in [1.54, 1.807) is 0 Å². The number of carbonyl (C=O) groups is 1. The summed E-state index contributed by atoms with van der Waals surface area (Å²) in [6.45, 7) is 0.173. The average molecular weight is 332 g/mol. The van der Waals surface area contributed by atoms with Gasteiger partial charge in [-0.15, -0.1) is 0 Å². The Morgan fingerprint density at radius 1 is 1.62 bits per heavy atom. The minimum absolute atomic E-state index is 0.173. The number of aromatic nitrogens is 2. The fourth-order valence-electron chi connectivity index (χ4n) is 1.22. The van der Waals surface area contributed by atoms with Gasteiger partial charge in [-0.3, -0.25) is 4.90 Å². The lowest BCUT2D eigenvalue weighted by atomic mass is 10.4. The summed E-state index contributed by atoms with van der Waals surface area (Å²) >= 11 is 1.96. The van der Waals surface area contributed by atoms with Gasteiger partial charge in [0, 0.05) is 27.5 Å². The van der Waals surface area contributed by atoms with Gasteiger partial charge >= 0.3 is 6.09 Å². The third-order valence-electron chi connectivity index (χ3n) is 1.89. The van der Waals surface area contributed by atoms with Crippen LogP contribution in [0.15, 0.2) is 17.5 Å². The van der Waals surface area contributed by atoms with Crippen molar-refractivity contribution in [3.05, 3.63) is 26.7 Å². The molecule has 0 aromatic carbocycles. The molecular weight excluding hydrogens is 327 g/mol. The monoisotopic (exact) mass is 332 g/mol. The normalized spacial score (nSPS) is 19.2. The van der Waals surface area contributed by atoms with Gasteiger partial charge < -0.3 is 4.74 Å². The molecule has 1 saturated heterocycles. The van der Waals surface area contributed by atoms with Crippen molar-refractivity contribution in [2.75, 3.05) is 11.4 Å². The molecule has 1 aromatic heterocycles. The van der Waals surface area contributed by atoms with Crippen LogP contribution in [0.4, 0.5) is 10.5 Å². The van der Waals surface area contributed by atoms with Crippen LogP contribution >= 0.6 is 22.6 Å². The number of amides is 1. The van der Waals surface area contributed by atoms with Gasteiger partial charge in [0.1, 0.15) is 0 Å². The van der Waals surface area contributed by atoms with Gasteiger partial charge in [-0.25, -0.2) is 14.8 Å². The van der Waals surface area contributed by atoms with E-state index in [0.29, 0.717) is 9.52 Å². The molecular formula is C7H5IN6O2. The van der Waals surface area contributed by atoms with Gasteiger partial charge in [0.2, 0.25) is 6.23 Å². The summed E-state index contributed by atoms with van der Waals surface area (Å²) in [6, 6.07) is 0. The summed E-state index contributed by atoms with van der Waals surface area (Å²) in [5.74, 6) is 0. The lowest BCUT2D eigenvalue weighted by Gasteiger charge is -2.10. The zero-order chi connectivity index (χ0) is 11.5. The van der Waals surface area contributed by atoms with Crippen molar-refractivity contribution >= 4 is 34.4 Å². The average Bonchev–Trinajstić information content (AvgIpc) is 2.61. The van der Waals surface area contributed by atoms with Gasteiger partial charge in [0.25, 0.3) is 0 Å². The first-order valence-electron chi connectivity index (χ1n) is 4.20. The smallest absolute Gasteiger partial charge is 0.414 e. The lowest BCUT2D eigenvalue weighted by molar-refractivity contribution is 0.144. The van der Waals surface area contributed by atoms with Crippen LogP contribution in [0.5, 0.6) is 0 Å². The van der Waals surface area contributed by atoms with Crippen LogP contribution in [0.3, 0.4) is 0 Å². The van der Waals surface area contributed by atoms with Gasteiger partial charge in [0.15, 0.2) is 3.83 Å². The first kappa shape index (κ1) is 10.9. The van der Waals surface area contributed by atoms with Gasteiger partial charge in [-0.05, 0) is 10.6 Å². The van der Waals surface area contributed by atoms with Crippen molar-refractivity contribution in [2.24, 2.45) is 5.11 Å². The van der Waals surface area contributed by atoms with Crippen LogP contribution in [0.2, 0.25) is 0 Å². The molecule has 0 saturated carbocycles. The Morgan fingerprint density at radius 3 is 2.94 bits per heavy atom. The zero-order valence-electron chi connectivity index (χ0n) is 7.82. The Labute approximate surface area is 103 Å². The molecule has 8 nitrogen and oxygen atoms in total. The number of anilines is 1. The van der Waals surface area contributed by atoms with Crippen LogP contribution in [-0.4, -0.2) is 28.8 Å². The Hall–Kier alpha value is -1.61. The molecule has 1 aromatic rings. The lowest BCUT2D eigenvalue weighted by Crippen LogP contribution is -2.24. The van der Waals surface area contributed by atoms with Crippen LogP contribution in [0.25, 0.3) is 10.4 Å². The van der Waals surface area contributed by atoms with E-state index in [1.165, 1.54) is 17.3 Å². The van der Waals surface area contributed by atoms with E-state index in [-0.39, 0.29) is 6.54 Å². The summed E-state index contributed by atoms with van der Waals surface area (Å²) in [7, 11) is 0. The quantitative estimate of drug-likeness (QED) is 0.270. The fraction of sp³-hybridized carbons (Fsp3) is 0.286. The highest BCUT2D eigenvalue weighted by molar-refractivity contribution is 14.1. The molecule has 1 aliphatic heterocycles. The molecule has 82 valence electrons. The Balaban J connectivity index is 2.19. The molecule has 2 heterocycles. The van der Waals surface area contributed by atoms with Gasteiger partial charge in [-0.1, -0.05) is 0 Å². The number of cyclic esters (lactones) is 1. The van der Waals surface area contributed by atoms with Crippen molar-refractivity contribution in [3.8, 4) is 0 Å². The SMILES string of the molecule is [N-]=[N+]=N[C@H]1CN(c2cnc(I)nc2)C(=O)O1. The highest BCUT2D eigenvalue weighted by atomic mass is 127. The predicted octanol–water partition coefficient (Wildman–Crippen LogP) is 1.67. The van der Waals surface area contributed by atoms with Crippen molar-refractivity contribution in [3.63, 3.8) is 0 Å². The predicted molar refractivity (Wildman–Crippen MR) is 61.5 cm³/mol. The van der Waals surface area contributed by atoms with Crippen LogP contribution in [0.1, 0.15) is 0 Å². The number of rotatable bonds is 2. The second kappa shape index (κ2) is 4.49. The number of halogens is 1. The third kappa shape index (κ3) is 2.14. The zero-order valence-corrected chi connectivity index (χ0v) is 9.97. The first-order valence-corrected chi connectivity index (χ1v) is 5.28. The topological polar surface area (TPSA) is 104 Å². The molecule has 1 atom stereocenters. The fourth-order valence-corrected chi connectivity index (χ4v) is 1.50. The molecule has 1 amide bonds. The maximum absolute atomic E-state index is 11.4. The number of carbonyl (C=O) groups excluding carboxylic acids is 1. The van der Waals surface area contributed by atoms with Gasteiger partial charge in [0.05, 0.1) is 24.6 Å². The summed E-state index contributed by atoms with van der Waals surface area (Å²) < 4.78 is 5.39. The molecule has 2 rings (SSSR count). The first-order chi connectivity index (χ1) is 7.70. The number of hydrogen-bond donors (Lipinski definition) is 0. The molecule has 0 unspecified atom stereocenters. The molecule has 0 N–H and O–H groups in total. The van der Waals surface area contributed by atoms with E-state index in [1.807, 2.05) is 22.6 Å². The summed E-state index contributed by atoms with van der Waals surface area (Å²) in [5, 5.41) is 3.32. The van der Waals surface area contributed by atoms with Crippen LogP contribution < -0.4 is 4.90 Å². The molecule has 0 aliphatic carbocycles. The Bertz CT molecular complexity index is 456. The van der Waals surface area contributed by atoms with Crippen LogP contribution in [-0.2, 0) is 4.74 Å². The van der Waals surface area contributed by atoms with Crippen LogP contribution in [0, 0.1) is 3.83 Å². The Kier molecular flexibility index (Phi) is 3.06. The number of azide groups is 1. The van der Waals surface area contributed by atoms with Crippen molar-refractivity contribution < 1.29 is 9.53 Å². The standard InChI is InChI=1S/C7H5IN6O2/c8-6-10-1-4(2-11-6)14-3-5(12-13-9)16-7(14)15/h1-2,5H,3H2/t5-/m1/s1. The van der Waals surface area contributed by atoms with Crippen molar-refractivity contribution in [1.29, 1.82) is 0 Å². The maximum atomic E-state index is 11.4. The second-order valence-corrected chi connectivity index (χ2v) is 3.83. The molecule has 9 heteroatoms. The molecule has 1 aliphatic rings. The molecule has 0 bridgehead atoms. The van der Waals surface area contributed by atoms with E-state index < -0.39 is 12.3 Å². The van der Waals surface area contributed by atoms with E-state index in [9.17, 15) is 4.79 Å². The number of nitrogens with zero attached hydrogens (tertiary/aromatic N) is 6. The summed E-state index contributed by atoms with van der Waals surface area (Å²) in [6.07, 6.45) is 1.65. The van der Waals surface area contributed by atoms with Crippen molar-refractivity contribution in [1.82, 2.24) is 9.97 Å². The second-order valence-electron chi connectivity index (χ2n) is 2.86. The maximum Gasteiger partial charge on any atom is 0.414 e. The molecule has 0 radical (unpaired) electrons.